The summed E-state index contributed by atoms with van der Waals surface area (Å²) in [4.78, 5) is 6.52. The normalized spacial score (nSPS) is 12.1. The maximum atomic E-state index is 13.3. The van der Waals surface area contributed by atoms with Crippen LogP contribution in [0, 0.1) is 5.82 Å². The highest BCUT2D eigenvalue weighted by Gasteiger charge is 2.23. The van der Waals surface area contributed by atoms with Crippen molar-refractivity contribution in [3.05, 3.63) is 24.0 Å². The van der Waals surface area contributed by atoms with Gasteiger partial charge in [-0.15, -0.1) is 0 Å². The molecule has 0 amide bonds. The smallest absolute Gasteiger partial charge is 0.206 e. The number of nitrogens with zero attached hydrogens (tertiary/aromatic N) is 3. The number of rotatable bonds is 3. The molecule has 19 heavy (non-hydrogen) atoms. The minimum atomic E-state index is -0.300. The molecule has 0 aliphatic carbocycles. The van der Waals surface area contributed by atoms with Gasteiger partial charge in [-0.25, -0.2) is 9.37 Å². The van der Waals surface area contributed by atoms with Gasteiger partial charge in [0.05, 0.1) is 17.6 Å². The molecule has 0 spiro atoms. The monoisotopic (exact) mass is 265 g/mol. The van der Waals surface area contributed by atoms with E-state index in [-0.39, 0.29) is 18.0 Å². The molecular weight excluding hydrogens is 245 g/mol. The Labute approximate surface area is 112 Å². The van der Waals surface area contributed by atoms with Crippen LogP contribution in [0.2, 0.25) is 0 Å². The third-order valence-electron chi connectivity index (χ3n) is 3.32. The van der Waals surface area contributed by atoms with E-state index in [1.807, 2.05) is 16.5 Å². The molecule has 0 unspecified atom stereocenters. The summed E-state index contributed by atoms with van der Waals surface area (Å²) in [7, 11) is 1.95. The van der Waals surface area contributed by atoms with Crippen molar-refractivity contribution in [2.45, 2.75) is 32.9 Å². The van der Waals surface area contributed by atoms with E-state index in [0.717, 1.165) is 11.5 Å². The third kappa shape index (κ3) is 2.56. The number of aromatic nitrogens is 2. The lowest BCUT2D eigenvalue weighted by Crippen LogP contribution is -2.39. The van der Waals surface area contributed by atoms with Gasteiger partial charge in [0.15, 0.2) is 0 Å². The lowest BCUT2D eigenvalue weighted by Gasteiger charge is -2.33. The fourth-order valence-corrected chi connectivity index (χ4v) is 1.97. The van der Waals surface area contributed by atoms with Gasteiger partial charge in [0, 0.05) is 25.2 Å². The Balaban J connectivity index is 2.62. The molecule has 0 bridgehead atoms. The summed E-state index contributed by atoms with van der Waals surface area (Å²) in [5.41, 5.74) is 1.34. The number of imidazole rings is 1. The number of hydrogen-bond donors (Lipinski definition) is 1. The zero-order valence-electron chi connectivity index (χ0n) is 11.8. The lowest BCUT2D eigenvalue weighted by molar-refractivity contribution is 0.277. The van der Waals surface area contributed by atoms with Crippen molar-refractivity contribution in [3.8, 4) is 0 Å². The summed E-state index contributed by atoms with van der Waals surface area (Å²) >= 11 is 0. The average Bonchev–Trinajstić information content (AvgIpc) is 2.65. The van der Waals surface area contributed by atoms with E-state index >= 15 is 0 Å². The standard InChI is InChI=1S/C14H20FN3O/c1-14(2,3)17(4)13-16-11-9-10(15)5-6-12(11)18(13)7-8-19/h5-6,9,19H,7-8H2,1-4H3. The molecule has 1 aromatic carbocycles. The first kappa shape index (κ1) is 13.8. The van der Waals surface area contributed by atoms with E-state index in [4.69, 9.17) is 0 Å². The van der Waals surface area contributed by atoms with Crippen molar-refractivity contribution in [3.63, 3.8) is 0 Å². The van der Waals surface area contributed by atoms with Crippen molar-refractivity contribution in [2.24, 2.45) is 0 Å². The Hall–Kier alpha value is -1.62. The Morgan fingerprint density at radius 2 is 2.05 bits per heavy atom. The summed E-state index contributed by atoms with van der Waals surface area (Å²) < 4.78 is 15.2. The SMILES string of the molecule is CN(c1nc2cc(F)ccc2n1CCO)C(C)(C)C. The molecule has 0 atom stereocenters. The highest BCUT2D eigenvalue weighted by molar-refractivity contribution is 5.79. The van der Waals surface area contributed by atoms with Gasteiger partial charge in [0.1, 0.15) is 5.82 Å². The molecular formula is C14H20FN3O. The first-order valence-electron chi connectivity index (χ1n) is 6.35. The van der Waals surface area contributed by atoms with Crippen LogP contribution in [0.3, 0.4) is 0 Å². The first-order valence-corrected chi connectivity index (χ1v) is 6.35. The number of anilines is 1. The van der Waals surface area contributed by atoms with Gasteiger partial charge in [-0.3, -0.25) is 0 Å². The van der Waals surface area contributed by atoms with Crippen LogP contribution in [0.4, 0.5) is 10.3 Å². The summed E-state index contributed by atoms with van der Waals surface area (Å²) in [5.74, 6) is 0.438. The number of benzene rings is 1. The van der Waals surface area contributed by atoms with Gasteiger partial charge >= 0.3 is 0 Å². The molecule has 104 valence electrons. The molecule has 0 saturated heterocycles. The fourth-order valence-electron chi connectivity index (χ4n) is 1.97. The maximum absolute atomic E-state index is 13.3. The summed E-state index contributed by atoms with van der Waals surface area (Å²) in [6.07, 6.45) is 0. The zero-order chi connectivity index (χ0) is 14.2. The molecule has 0 aliphatic rings. The Bertz CT molecular complexity index is 586. The highest BCUT2D eigenvalue weighted by atomic mass is 19.1. The molecule has 1 N–H and O–H groups in total. The van der Waals surface area contributed by atoms with Crippen LogP contribution in [0.5, 0.6) is 0 Å². The number of hydrogen-bond acceptors (Lipinski definition) is 3. The fraction of sp³-hybridized carbons (Fsp3) is 0.500. The van der Waals surface area contributed by atoms with Crippen LogP contribution in [-0.2, 0) is 6.54 Å². The Kier molecular flexibility index (Phi) is 3.49. The van der Waals surface area contributed by atoms with Crippen LogP contribution in [-0.4, -0.2) is 33.9 Å². The van der Waals surface area contributed by atoms with Crippen LogP contribution < -0.4 is 4.90 Å². The summed E-state index contributed by atoms with van der Waals surface area (Å²) in [6.45, 7) is 6.70. The molecule has 0 aliphatic heterocycles. The molecule has 1 aromatic heterocycles. The number of fused-ring (bicyclic) bond motifs is 1. The Morgan fingerprint density at radius 1 is 1.37 bits per heavy atom. The third-order valence-corrected chi connectivity index (χ3v) is 3.32. The van der Waals surface area contributed by atoms with Crippen LogP contribution in [0.25, 0.3) is 11.0 Å². The molecule has 0 saturated carbocycles. The van der Waals surface area contributed by atoms with Gasteiger partial charge in [-0.1, -0.05) is 0 Å². The second kappa shape index (κ2) is 4.81. The minimum Gasteiger partial charge on any atom is -0.395 e. The van der Waals surface area contributed by atoms with Gasteiger partial charge in [-0.05, 0) is 32.9 Å². The maximum Gasteiger partial charge on any atom is 0.206 e. The van der Waals surface area contributed by atoms with E-state index in [2.05, 4.69) is 25.8 Å². The van der Waals surface area contributed by atoms with Crippen LogP contribution in [0.15, 0.2) is 18.2 Å². The zero-order valence-corrected chi connectivity index (χ0v) is 11.8. The highest BCUT2D eigenvalue weighted by Crippen LogP contribution is 2.26. The molecule has 2 rings (SSSR count). The van der Waals surface area contributed by atoms with E-state index in [1.165, 1.54) is 12.1 Å². The second-order valence-electron chi connectivity index (χ2n) is 5.65. The van der Waals surface area contributed by atoms with Crippen molar-refractivity contribution in [1.29, 1.82) is 0 Å². The molecule has 5 heteroatoms. The molecule has 1 heterocycles. The van der Waals surface area contributed by atoms with Gasteiger partial charge < -0.3 is 14.6 Å². The quantitative estimate of drug-likeness (QED) is 0.926. The molecule has 0 fully saturated rings. The van der Waals surface area contributed by atoms with E-state index < -0.39 is 0 Å². The second-order valence-corrected chi connectivity index (χ2v) is 5.65. The topological polar surface area (TPSA) is 41.3 Å². The predicted octanol–water partition coefficient (Wildman–Crippen LogP) is 2.40. The van der Waals surface area contributed by atoms with Gasteiger partial charge in [-0.2, -0.15) is 0 Å². The predicted molar refractivity (Wildman–Crippen MR) is 74.9 cm³/mol. The largest absolute Gasteiger partial charge is 0.395 e. The number of aliphatic hydroxyl groups excluding tert-OH is 1. The van der Waals surface area contributed by atoms with E-state index in [1.54, 1.807) is 6.07 Å². The molecule has 2 aromatic rings. The number of aliphatic hydroxyl groups is 1. The molecule has 4 nitrogen and oxygen atoms in total. The first-order chi connectivity index (χ1) is 8.84. The summed E-state index contributed by atoms with van der Waals surface area (Å²) in [6, 6.07) is 4.54. The molecule has 0 radical (unpaired) electrons. The van der Waals surface area contributed by atoms with Crippen molar-refractivity contribution < 1.29 is 9.50 Å². The van der Waals surface area contributed by atoms with Crippen molar-refractivity contribution in [1.82, 2.24) is 9.55 Å². The van der Waals surface area contributed by atoms with Crippen LogP contribution in [0.1, 0.15) is 20.8 Å². The van der Waals surface area contributed by atoms with Gasteiger partial charge in [0.25, 0.3) is 0 Å². The number of halogens is 1. The minimum absolute atomic E-state index is 0.0216. The van der Waals surface area contributed by atoms with Crippen molar-refractivity contribution >= 4 is 17.0 Å². The summed E-state index contributed by atoms with van der Waals surface area (Å²) in [5, 5.41) is 9.22. The van der Waals surface area contributed by atoms with Crippen molar-refractivity contribution in [2.75, 3.05) is 18.6 Å². The Morgan fingerprint density at radius 3 is 2.63 bits per heavy atom. The van der Waals surface area contributed by atoms with Gasteiger partial charge in [0.2, 0.25) is 5.95 Å². The van der Waals surface area contributed by atoms with E-state index in [9.17, 15) is 9.50 Å². The van der Waals surface area contributed by atoms with Crippen LogP contribution >= 0.6 is 0 Å². The average molecular weight is 265 g/mol. The van der Waals surface area contributed by atoms with E-state index in [0.29, 0.717) is 12.1 Å². The lowest BCUT2D eigenvalue weighted by atomic mass is 10.1.